The van der Waals surface area contributed by atoms with Crippen LogP contribution < -0.4 is 15.2 Å². The number of anilines is 1. The van der Waals surface area contributed by atoms with E-state index in [-0.39, 0.29) is 0 Å². The fraction of sp³-hybridized carbons (Fsp3) is 0.263. The molecule has 0 unspecified atom stereocenters. The molecule has 4 heteroatoms. The number of hydrogen-bond acceptors (Lipinski definition) is 3. The summed E-state index contributed by atoms with van der Waals surface area (Å²) in [5, 5.41) is 1.13. The van der Waals surface area contributed by atoms with Crippen LogP contribution in [0.5, 0.6) is 11.5 Å². The van der Waals surface area contributed by atoms with E-state index in [1.165, 1.54) is 5.52 Å². The molecule has 0 bridgehead atoms. The maximum atomic E-state index is 5.98. The van der Waals surface area contributed by atoms with Crippen molar-refractivity contribution in [3.8, 4) is 11.5 Å². The van der Waals surface area contributed by atoms with E-state index in [1.54, 1.807) is 7.11 Å². The molecule has 0 atom stereocenters. The van der Waals surface area contributed by atoms with Crippen LogP contribution in [0.25, 0.3) is 10.9 Å². The molecule has 23 heavy (non-hydrogen) atoms. The molecule has 0 aliphatic rings. The van der Waals surface area contributed by atoms with E-state index in [2.05, 4.69) is 30.7 Å². The smallest absolute Gasteiger partial charge is 0.161 e. The summed E-state index contributed by atoms with van der Waals surface area (Å²) in [6, 6.07) is 14.1. The number of rotatable bonds is 5. The Morgan fingerprint density at radius 2 is 1.83 bits per heavy atom. The number of nitrogens with zero attached hydrogens (tertiary/aromatic N) is 1. The lowest BCUT2D eigenvalue weighted by Crippen LogP contribution is -1.99. The molecule has 0 fully saturated rings. The van der Waals surface area contributed by atoms with Crippen LogP contribution in [-0.2, 0) is 6.61 Å². The second kappa shape index (κ2) is 6.24. The van der Waals surface area contributed by atoms with Crippen molar-refractivity contribution in [3.63, 3.8) is 0 Å². The van der Waals surface area contributed by atoms with Crippen LogP contribution in [0.15, 0.2) is 48.7 Å². The van der Waals surface area contributed by atoms with E-state index in [0.717, 1.165) is 28.1 Å². The second-order valence-corrected chi connectivity index (χ2v) is 5.87. The highest BCUT2D eigenvalue weighted by Crippen LogP contribution is 2.30. The highest BCUT2D eigenvalue weighted by atomic mass is 16.5. The molecule has 0 aliphatic heterocycles. The zero-order valence-corrected chi connectivity index (χ0v) is 13.7. The maximum absolute atomic E-state index is 5.98. The molecule has 0 amide bonds. The first-order chi connectivity index (χ1) is 11.1. The van der Waals surface area contributed by atoms with Gasteiger partial charge in [0.05, 0.1) is 7.11 Å². The predicted octanol–water partition coefficient (Wildman–Crippen LogP) is 4.39. The number of ether oxygens (including phenoxy) is 2. The van der Waals surface area contributed by atoms with Crippen LogP contribution in [0.1, 0.15) is 25.5 Å². The zero-order valence-electron chi connectivity index (χ0n) is 13.7. The Morgan fingerprint density at radius 1 is 1.09 bits per heavy atom. The minimum absolute atomic E-state index is 0.376. The summed E-state index contributed by atoms with van der Waals surface area (Å²) in [7, 11) is 1.65. The van der Waals surface area contributed by atoms with Gasteiger partial charge in [0.1, 0.15) is 6.61 Å². The van der Waals surface area contributed by atoms with Crippen molar-refractivity contribution < 1.29 is 9.47 Å². The van der Waals surface area contributed by atoms with Crippen molar-refractivity contribution >= 4 is 16.6 Å². The number of fused-ring (bicyclic) bond motifs is 1. The second-order valence-electron chi connectivity index (χ2n) is 5.87. The van der Waals surface area contributed by atoms with Gasteiger partial charge in [0.2, 0.25) is 0 Å². The maximum Gasteiger partial charge on any atom is 0.161 e. The van der Waals surface area contributed by atoms with E-state index >= 15 is 0 Å². The molecule has 0 saturated heterocycles. The Labute approximate surface area is 136 Å². The average Bonchev–Trinajstić information content (AvgIpc) is 2.91. The number of para-hydroxylation sites is 2. The van der Waals surface area contributed by atoms with E-state index < -0.39 is 0 Å². The van der Waals surface area contributed by atoms with Gasteiger partial charge in [0.25, 0.3) is 0 Å². The van der Waals surface area contributed by atoms with E-state index in [4.69, 9.17) is 15.2 Å². The molecule has 2 aromatic carbocycles. The van der Waals surface area contributed by atoms with Crippen molar-refractivity contribution in [2.45, 2.75) is 26.5 Å². The molecular weight excluding hydrogens is 288 g/mol. The molecule has 120 valence electrons. The highest BCUT2D eigenvalue weighted by Gasteiger charge is 2.12. The first kappa shape index (κ1) is 15.3. The van der Waals surface area contributed by atoms with E-state index in [9.17, 15) is 0 Å². The van der Waals surface area contributed by atoms with E-state index in [1.807, 2.05) is 36.4 Å². The SMILES string of the molecule is COc1ccccc1OCc1cn(C(C)C)c2ccc(N)cc12. The molecular formula is C19H22N2O2. The lowest BCUT2D eigenvalue weighted by Gasteiger charge is -2.10. The largest absolute Gasteiger partial charge is 0.493 e. The van der Waals surface area contributed by atoms with Crippen LogP contribution in [0.3, 0.4) is 0 Å². The highest BCUT2D eigenvalue weighted by molar-refractivity contribution is 5.87. The number of nitrogens with two attached hydrogens (primary N) is 1. The molecule has 1 aromatic heterocycles. The summed E-state index contributed by atoms with van der Waals surface area (Å²) in [4.78, 5) is 0. The van der Waals surface area contributed by atoms with Crippen molar-refractivity contribution in [2.75, 3.05) is 12.8 Å². The van der Waals surface area contributed by atoms with Gasteiger partial charge in [-0.3, -0.25) is 0 Å². The van der Waals surface area contributed by atoms with Gasteiger partial charge in [-0.05, 0) is 44.2 Å². The molecule has 0 spiro atoms. The number of nitrogen functional groups attached to an aromatic ring is 1. The summed E-state index contributed by atoms with van der Waals surface area (Å²) < 4.78 is 13.6. The quantitative estimate of drug-likeness (QED) is 0.711. The minimum atomic E-state index is 0.376. The van der Waals surface area contributed by atoms with Gasteiger partial charge in [-0.25, -0.2) is 0 Å². The first-order valence-electron chi connectivity index (χ1n) is 7.75. The van der Waals surface area contributed by atoms with Gasteiger partial charge in [0.15, 0.2) is 11.5 Å². The van der Waals surface area contributed by atoms with E-state index in [0.29, 0.717) is 12.6 Å². The Bertz CT molecular complexity index is 821. The lowest BCUT2D eigenvalue weighted by molar-refractivity contribution is 0.285. The lowest BCUT2D eigenvalue weighted by atomic mass is 10.1. The number of aromatic nitrogens is 1. The zero-order chi connectivity index (χ0) is 16.4. The minimum Gasteiger partial charge on any atom is -0.493 e. The van der Waals surface area contributed by atoms with Gasteiger partial charge in [-0.1, -0.05) is 12.1 Å². The van der Waals surface area contributed by atoms with Gasteiger partial charge < -0.3 is 19.8 Å². The standard InChI is InChI=1S/C19H22N2O2/c1-13(2)21-11-14(16-10-15(20)8-9-17(16)21)12-23-19-7-5-4-6-18(19)22-3/h4-11,13H,12,20H2,1-3H3. The topological polar surface area (TPSA) is 49.4 Å². The average molecular weight is 310 g/mol. The monoisotopic (exact) mass is 310 g/mol. The molecule has 0 saturated carbocycles. The van der Waals surface area contributed by atoms with Crippen LogP contribution in [0.4, 0.5) is 5.69 Å². The molecule has 1 heterocycles. The summed E-state index contributed by atoms with van der Waals surface area (Å²) in [6.07, 6.45) is 2.14. The molecule has 3 rings (SSSR count). The number of methoxy groups -OCH3 is 1. The van der Waals surface area contributed by atoms with Crippen molar-refractivity contribution in [3.05, 3.63) is 54.2 Å². The van der Waals surface area contributed by atoms with Crippen molar-refractivity contribution in [2.24, 2.45) is 0 Å². The first-order valence-corrected chi connectivity index (χ1v) is 7.75. The van der Waals surface area contributed by atoms with Crippen molar-refractivity contribution in [1.29, 1.82) is 0 Å². The summed E-state index contributed by atoms with van der Waals surface area (Å²) >= 11 is 0. The Kier molecular flexibility index (Phi) is 4.15. The third-order valence-corrected chi connectivity index (χ3v) is 3.95. The predicted molar refractivity (Wildman–Crippen MR) is 94.1 cm³/mol. The van der Waals surface area contributed by atoms with Crippen molar-refractivity contribution in [1.82, 2.24) is 4.57 Å². The molecule has 3 aromatic rings. The third kappa shape index (κ3) is 2.97. The molecule has 2 N–H and O–H groups in total. The Morgan fingerprint density at radius 3 is 2.52 bits per heavy atom. The molecule has 4 nitrogen and oxygen atoms in total. The van der Waals surface area contributed by atoms with Gasteiger partial charge in [0, 0.05) is 34.4 Å². The summed E-state index contributed by atoms with van der Waals surface area (Å²) in [5.74, 6) is 1.48. The Balaban J connectivity index is 1.95. The normalized spacial score (nSPS) is 11.1. The fourth-order valence-corrected chi connectivity index (χ4v) is 2.78. The number of hydrogen-bond donors (Lipinski definition) is 1. The van der Waals surface area contributed by atoms with Crippen LogP contribution >= 0.6 is 0 Å². The molecule has 0 radical (unpaired) electrons. The van der Waals surface area contributed by atoms with Gasteiger partial charge >= 0.3 is 0 Å². The Hall–Kier alpha value is -2.62. The van der Waals surface area contributed by atoms with Gasteiger partial charge in [-0.2, -0.15) is 0 Å². The van der Waals surface area contributed by atoms with Crippen LogP contribution in [-0.4, -0.2) is 11.7 Å². The number of benzene rings is 2. The summed E-state index contributed by atoms with van der Waals surface area (Å²) in [5.41, 5.74) is 9.01. The van der Waals surface area contributed by atoms with Gasteiger partial charge in [-0.15, -0.1) is 0 Å². The van der Waals surface area contributed by atoms with Crippen LogP contribution in [0, 0.1) is 0 Å². The fourth-order valence-electron chi connectivity index (χ4n) is 2.78. The third-order valence-electron chi connectivity index (χ3n) is 3.95. The summed E-state index contributed by atoms with van der Waals surface area (Å²) in [6.45, 7) is 4.81. The van der Waals surface area contributed by atoms with Crippen LogP contribution in [0.2, 0.25) is 0 Å². The molecule has 0 aliphatic carbocycles.